The summed E-state index contributed by atoms with van der Waals surface area (Å²) in [5, 5.41) is 12.3. The molecule has 1 aliphatic rings. The van der Waals surface area contributed by atoms with Gasteiger partial charge in [0.25, 0.3) is 0 Å². The summed E-state index contributed by atoms with van der Waals surface area (Å²) in [5.41, 5.74) is -0.693. The van der Waals surface area contributed by atoms with Gasteiger partial charge in [0.1, 0.15) is 0 Å². The molecule has 0 aromatic rings. The highest BCUT2D eigenvalue weighted by atomic mass is 16.5. The molecule has 0 aromatic heterocycles. The van der Waals surface area contributed by atoms with Crippen LogP contribution in [0.25, 0.3) is 0 Å². The number of carboxylic acid groups (broad SMARTS) is 1. The largest absolute Gasteiger partial charge is 0.481 e. The molecule has 2 N–H and O–H groups in total. The van der Waals surface area contributed by atoms with Crippen LogP contribution in [0.1, 0.15) is 33.6 Å². The first kappa shape index (κ1) is 12.5. The quantitative estimate of drug-likeness (QED) is 0.741. The standard InChI is InChI=1S/C11H21NO3/c1-8-6-9(4-5-15-8)12-7-11(2,3)10(13)14/h8-9,12H,4-7H2,1-3H3,(H,13,14). The van der Waals surface area contributed by atoms with E-state index in [1.165, 1.54) is 0 Å². The van der Waals surface area contributed by atoms with Crippen LogP contribution < -0.4 is 5.32 Å². The molecule has 0 aliphatic carbocycles. The SMILES string of the molecule is CC1CC(NCC(C)(C)C(=O)O)CCO1. The molecule has 0 amide bonds. The zero-order valence-electron chi connectivity index (χ0n) is 9.75. The van der Waals surface area contributed by atoms with Crippen LogP contribution in [0.2, 0.25) is 0 Å². The lowest BCUT2D eigenvalue weighted by Crippen LogP contribution is -2.44. The number of rotatable bonds is 4. The second-order valence-electron chi connectivity index (χ2n) is 4.97. The maximum atomic E-state index is 10.9. The fraction of sp³-hybridized carbons (Fsp3) is 0.909. The summed E-state index contributed by atoms with van der Waals surface area (Å²) >= 11 is 0. The van der Waals surface area contributed by atoms with E-state index in [1.54, 1.807) is 13.8 Å². The zero-order valence-corrected chi connectivity index (χ0v) is 9.75. The van der Waals surface area contributed by atoms with Gasteiger partial charge in [-0.1, -0.05) is 0 Å². The van der Waals surface area contributed by atoms with Gasteiger partial charge in [0.15, 0.2) is 0 Å². The Morgan fingerprint density at radius 2 is 2.27 bits per heavy atom. The Labute approximate surface area is 91.0 Å². The number of nitrogens with one attached hydrogen (secondary N) is 1. The normalized spacial score (nSPS) is 27.7. The van der Waals surface area contributed by atoms with Crippen molar-refractivity contribution in [3.63, 3.8) is 0 Å². The van der Waals surface area contributed by atoms with Crippen molar-refractivity contribution in [2.75, 3.05) is 13.2 Å². The van der Waals surface area contributed by atoms with Crippen molar-refractivity contribution < 1.29 is 14.6 Å². The molecule has 0 radical (unpaired) electrons. The maximum Gasteiger partial charge on any atom is 0.310 e. The summed E-state index contributed by atoms with van der Waals surface area (Å²) in [6.45, 7) is 6.82. The molecule has 1 fully saturated rings. The van der Waals surface area contributed by atoms with E-state index in [9.17, 15) is 4.79 Å². The van der Waals surface area contributed by atoms with Crippen molar-refractivity contribution in [3.05, 3.63) is 0 Å². The predicted octanol–water partition coefficient (Wildman–Crippen LogP) is 1.25. The van der Waals surface area contributed by atoms with Crippen molar-refractivity contribution >= 4 is 5.97 Å². The molecule has 0 saturated carbocycles. The van der Waals surface area contributed by atoms with Gasteiger partial charge in [-0.05, 0) is 33.6 Å². The Morgan fingerprint density at radius 1 is 1.60 bits per heavy atom. The summed E-state index contributed by atoms with van der Waals surface area (Å²) < 4.78 is 5.43. The second-order valence-corrected chi connectivity index (χ2v) is 4.97. The van der Waals surface area contributed by atoms with Crippen LogP contribution in [0, 0.1) is 5.41 Å². The van der Waals surface area contributed by atoms with E-state index in [2.05, 4.69) is 12.2 Å². The third kappa shape index (κ3) is 3.80. The topological polar surface area (TPSA) is 58.6 Å². The lowest BCUT2D eigenvalue weighted by molar-refractivity contribution is -0.146. The van der Waals surface area contributed by atoms with Crippen molar-refractivity contribution in [1.29, 1.82) is 0 Å². The lowest BCUT2D eigenvalue weighted by atomic mass is 9.92. The molecule has 0 aromatic carbocycles. The van der Waals surface area contributed by atoms with Crippen LogP contribution in [0.4, 0.5) is 0 Å². The molecule has 1 rings (SSSR count). The highest BCUT2D eigenvalue weighted by molar-refractivity contribution is 5.73. The first-order valence-corrected chi connectivity index (χ1v) is 5.50. The van der Waals surface area contributed by atoms with E-state index in [0.29, 0.717) is 12.6 Å². The van der Waals surface area contributed by atoms with Crippen LogP contribution in [0.5, 0.6) is 0 Å². The Kier molecular flexibility index (Phi) is 4.11. The Hall–Kier alpha value is -0.610. The lowest BCUT2D eigenvalue weighted by Gasteiger charge is -2.30. The van der Waals surface area contributed by atoms with E-state index < -0.39 is 11.4 Å². The Bertz CT molecular complexity index is 228. The maximum absolute atomic E-state index is 10.9. The summed E-state index contributed by atoms with van der Waals surface area (Å²) in [6, 6.07) is 0.396. The first-order chi connectivity index (χ1) is 6.92. The molecule has 88 valence electrons. The third-order valence-corrected chi connectivity index (χ3v) is 2.90. The average molecular weight is 215 g/mol. The molecule has 4 heteroatoms. The van der Waals surface area contributed by atoms with Crippen LogP contribution in [-0.2, 0) is 9.53 Å². The van der Waals surface area contributed by atoms with Crippen LogP contribution in [0.15, 0.2) is 0 Å². The molecule has 4 nitrogen and oxygen atoms in total. The minimum absolute atomic E-state index is 0.282. The fourth-order valence-electron chi connectivity index (χ4n) is 1.66. The molecule has 1 aliphatic heterocycles. The van der Waals surface area contributed by atoms with Gasteiger partial charge in [0.2, 0.25) is 0 Å². The van der Waals surface area contributed by atoms with E-state index >= 15 is 0 Å². The van der Waals surface area contributed by atoms with Gasteiger partial charge in [-0.3, -0.25) is 4.79 Å². The molecule has 1 heterocycles. The summed E-state index contributed by atoms with van der Waals surface area (Å²) in [5.74, 6) is -0.755. The Balaban J connectivity index is 2.33. The van der Waals surface area contributed by atoms with Crippen molar-refractivity contribution in [2.24, 2.45) is 5.41 Å². The van der Waals surface area contributed by atoms with E-state index in [1.807, 2.05) is 0 Å². The summed E-state index contributed by atoms with van der Waals surface area (Å²) in [4.78, 5) is 10.9. The van der Waals surface area contributed by atoms with Gasteiger partial charge >= 0.3 is 5.97 Å². The van der Waals surface area contributed by atoms with Crippen molar-refractivity contribution in [2.45, 2.75) is 45.8 Å². The van der Waals surface area contributed by atoms with Gasteiger partial charge in [-0.25, -0.2) is 0 Å². The van der Waals surface area contributed by atoms with Gasteiger partial charge in [-0.2, -0.15) is 0 Å². The number of hydrogen-bond donors (Lipinski definition) is 2. The molecule has 1 saturated heterocycles. The van der Waals surface area contributed by atoms with Gasteiger partial charge in [0.05, 0.1) is 11.5 Å². The molecule has 2 unspecified atom stereocenters. The van der Waals surface area contributed by atoms with Crippen LogP contribution >= 0.6 is 0 Å². The number of carboxylic acids is 1. The molecule has 0 spiro atoms. The summed E-state index contributed by atoms with van der Waals surface area (Å²) in [7, 11) is 0. The Morgan fingerprint density at radius 3 is 2.80 bits per heavy atom. The summed E-state index contributed by atoms with van der Waals surface area (Å²) in [6.07, 6.45) is 2.22. The van der Waals surface area contributed by atoms with E-state index in [-0.39, 0.29) is 6.10 Å². The monoisotopic (exact) mass is 215 g/mol. The molecular weight excluding hydrogens is 194 g/mol. The minimum Gasteiger partial charge on any atom is -0.481 e. The van der Waals surface area contributed by atoms with E-state index in [4.69, 9.17) is 9.84 Å². The van der Waals surface area contributed by atoms with Gasteiger partial charge in [-0.15, -0.1) is 0 Å². The molecule has 0 bridgehead atoms. The van der Waals surface area contributed by atoms with E-state index in [0.717, 1.165) is 19.4 Å². The molecule has 2 atom stereocenters. The van der Waals surface area contributed by atoms with Crippen LogP contribution in [-0.4, -0.2) is 36.4 Å². The van der Waals surface area contributed by atoms with Crippen molar-refractivity contribution in [1.82, 2.24) is 5.32 Å². The number of aliphatic carboxylic acids is 1. The highest BCUT2D eigenvalue weighted by Crippen LogP contribution is 2.17. The molecular formula is C11H21NO3. The van der Waals surface area contributed by atoms with Gasteiger partial charge in [0, 0.05) is 19.2 Å². The average Bonchev–Trinajstić information content (AvgIpc) is 2.15. The highest BCUT2D eigenvalue weighted by Gasteiger charge is 2.28. The number of hydrogen-bond acceptors (Lipinski definition) is 3. The van der Waals surface area contributed by atoms with Gasteiger partial charge < -0.3 is 15.2 Å². The van der Waals surface area contributed by atoms with Crippen molar-refractivity contribution in [3.8, 4) is 0 Å². The minimum atomic E-state index is -0.755. The smallest absolute Gasteiger partial charge is 0.310 e. The second kappa shape index (κ2) is 4.94. The number of ether oxygens (including phenoxy) is 1. The van der Waals surface area contributed by atoms with Crippen LogP contribution in [0.3, 0.4) is 0 Å². The zero-order chi connectivity index (χ0) is 11.5. The molecule has 15 heavy (non-hydrogen) atoms. The fourth-order valence-corrected chi connectivity index (χ4v) is 1.66. The first-order valence-electron chi connectivity index (χ1n) is 5.50. The number of carbonyl (C=O) groups is 1. The predicted molar refractivity (Wildman–Crippen MR) is 57.9 cm³/mol. The third-order valence-electron chi connectivity index (χ3n) is 2.90.